The van der Waals surface area contributed by atoms with Crippen LogP contribution in [-0.2, 0) is 20.9 Å². The fourth-order valence-corrected chi connectivity index (χ4v) is 2.58. The van der Waals surface area contributed by atoms with Gasteiger partial charge in [-0.1, -0.05) is 42.5 Å². The third-order valence-electron chi connectivity index (χ3n) is 3.87. The van der Waals surface area contributed by atoms with Gasteiger partial charge in [0.25, 0.3) is 5.91 Å². The molecule has 0 fully saturated rings. The number of hydrogen-bond acceptors (Lipinski definition) is 4. The molecule has 0 atom stereocenters. The molecule has 0 aromatic heterocycles. The predicted molar refractivity (Wildman–Crippen MR) is 100 cm³/mol. The lowest BCUT2D eigenvalue weighted by Gasteiger charge is -2.08. The van der Waals surface area contributed by atoms with E-state index < -0.39 is 5.97 Å². The van der Waals surface area contributed by atoms with E-state index in [-0.39, 0.29) is 12.5 Å². The van der Waals surface area contributed by atoms with E-state index >= 15 is 0 Å². The molecule has 26 heavy (non-hydrogen) atoms. The van der Waals surface area contributed by atoms with Crippen LogP contribution in [0.3, 0.4) is 0 Å². The van der Waals surface area contributed by atoms with E-state index in [1.165, 1.54) is 0 Å². The molecule has 5 heteroatoms. The molecule has 0 saturated heterocycles. The van der Waals surface area contributed by atoms with Gasteiger partial charge in [-0.2, -0.15) is 0 Å². The molecular formula is C21H19NO4. The molecule has 0 spiro atoms. The number of esters is 1. The number of carbonyl (C=O) groups excluding carboxylic acids is 2. The Labute approximate surface area is 151 Å². The average molecular weight is 349 g/mol. The van der Waals surface area contributed by atoms with Gasteiger partial charge in [-0.25, -0.2) is 4.79 Å². The summed E-state index contributed by atoms with van der Waals surface area (Å²) < 4.78 is 10.1. The summed E-state index contributed by atoms with van der Waals surface area (Å²) in [6.45, 7) is 0.134. The molecule has 0 heterocycles. The molecule has 0 saturated carbocycles. The van der Waals surface area contributed by atoms with E-state index in [1.54, 1.807) is 31.4 Å². The van der Waals surface area contributed by atoms with Gasteiger partial charge in [0.05, 0.1) is 12.2 Å². The first-order chi connectivity index (χ1) is 12.7. The molecule has 0 aliphatic heterocycles. The molecule has 0 aliphatic rings. The van der Waals surface area contributed by atoms with Gasteiger partial charge in [-0.15, -0.1) is 0 Å². The van der Waals surface area contributed by atoms with Crippen LogP contribution in [0.25, 0.3) is 10.8 Å². The summed E-state index contributed by atoms with van der Waals surface area (Å²) in [6.07, 6.45) is 0. The second-order valence-electron chi connectivity index (χ2n) is 5.82. The van der Waals surface area contributed by atoms with Gasteiger partial charge in [0.1, 0.15) is 0 Å². The van der Waals surface area contributed by atoms with Crippen LogP contribution in [0.15, 0.2) is 66.7 Å². The Hall–Kier alpha value is -3.18. The Morgan fingerprint density at radius 1 is 0.923 bits per heavy atom. The van der Waals surface area contributed by atoms with Crippen LogP contribution in [0.4, 0.5) is 5.69 Å². The molecule has 3 aromatic carbocycles. The number of carbonyl (C=O) groups is 2. The molecule has 0 radical (unpaired) electrons. The minimum Gasteiger partial charge on any atom is -0.452 e. The van der Waals surface area contributed by atoms with E-state index in [4.69, 9.17) is 9.47 Å². The zero-order valence-corrected chi connectivity index (χ0v) is 14.4. The first-order valence-corrected chi connectivity index (χ1v) is 8.19. The number of hydrogen-bond donors (Lipinski definition) is 1. The standard InChI is InChI=1S/C21H19NO4/c1-25-13-15-6-8-17(9-7-15)21(24)26-14-20(23)22-19-11-10-16-4-2-3-5-18(16)12-19/h2-12H,13-14H2,1H3,(H,22,23). The number of fused-ring (bicyclic) bond motifs is 1. The van der Waals surface area contributed by atoms with Crippen LogP contribution in [0.1, 0.15) is 15.9 Å². The zero-order chi connectivity index (χ0) is 18.4. The molecule has 0 unspecified atom stereocenters. The molecule has 5 nitrogen and oxygen atoms in total. The van der Waals surface area contributed by atoms with Gasteiger partial charge >= 0.3 is 5.97 Å². The molecule has 1 amide bonds. The molecule has 0 aliphatic carbocycles. The maximum atomic E-state index is 12.0. The monoisotopic (exact) mass is 349 g/mol. The lowest BCUT2D eigenvalue weighted by atomic mass is 10.1. The summed E-state index contributed by atoms with van der Waals surface area (Å²) in [5.41, 5.74) is 2.01. The Kier molecular flexibility index (Phi) is 5.61. The van der Waals surface area contributed by atoms with Crippen molar-refractivity contribution >= 4 is 28.3 Å². The molecule has 3 rings (SSSR count). The number of benzene rings is 3. The summed E-state index contributed by atoms with van der Waals surface area (Å²) >= 11 is 0. The fraction of sp³-hybridized carbons (Fsp3) is 0.143. The fourth-order valence-electron chi connectivity index (χ4n) is 2.58. The number of anilines is 1. The van der Waals surface area contributed by atoms with Crippen LogP contribution in [0, 0.1) is 0 Å². The maximum Gasteiger partial charge on any atom is 0.338 e. The van der Waals surface area contributed by atoms with Crippen molar-refractivity contribution in [3.8, 4) is 0 Å². The van der Waals surface area contributed by atoms with Crippen molar-refractivity contribution in [1.82, 2.24) is 0 Å². The van der Waals surface area contributed by atoms with Gasteiger partial charge in [-0.05, 0) is 40.6 Å². The number of nitrogens with one attached hydrogen (secondary N) is 1. The van der Waals surface area contributed by atoms with Crippen molar-refractivity contribution in [3.63, 3.8) is 0 Å². The molecule has 1 N–H and O–H groups in total. The summed E-state index contributed by atoms with van der Waals surface area (Å²) in [5, 5.41) is 4.85. The third kappa shape index (κ3) is 4.46. The summed E-state index contributed by atoms with van der Waals surface area (Å²) in [7, 11) is 1.61. The van der Waals surface area contributed by atoms with E-state index in [9.17, 15) is 9.59 Å². The topological polar surface area (TPSA) is 64.6 Å². The summed E-state index contributed by atoms with van der Waals surface area (Å²) in [6, 6.07) is 20.4. The van der Waals surface area contributed by atoms with Crippen LogP contribution >= 0.6 is 0 Å². The highest BCUT2D eigenvalue weighted by Crippen LogP contribution is 2.18. The van der Waals surface area contributed by atoms with Gasteiger partial charge in [0.2, 0.25) is 0 Å². The summed E-state index contributed by atoms with van der Waals surface area (Å²) in [5.74, 6) is -0.924. The van der Waals surface area contributed by atoms with Crippen LogP contribution in [0.2, 0.25) is 0 Å². The van der Waals surface area contributed by atoms with E-state index in [0.29, 0.717) is 17.9 Å². The van der Waals surface area contributed by atoms with Crippen LogP contribution in [-0.4, -0.2) is 25.6 Å². The molecule has 3 aromatic rings. The zero-order valence-electron chi connectivity index (χ0n) is 14.4. The first kappa shape index (κ1) is 17.6. The normalized spacial score (nSPS) is 10.5. The van der Waals surface area contributed by atoms with E-state index in [1.807, 2.05) is 42.5 Å². The largest absolute Gasteiger partial charge is 0.452 e. The minimum atomic E-state index is -0.539. The van der Waals surface area contributed by atoms with Crippen molar-refractivity contribution in [2.24, 2.45) is 0 Å². The second kappa shape index (κ2) is 8.27. The van der Waals surface area contributed by atoms with Crippen LogP contribution in [0.5, 0.6) is 0 Å². The van der Waals surface area contributed by atoms with E-state index in [2.05, 4.69) is 5.32 Å². The lowest BCUT2D eigenvalue weighted by molar-refractivity contribution is -0.119. The van der Waals surface area contributed by atoms with Gasteiger partial charge in [0.15, 0.2) is 6.61 Å². The Morgan fingerprint density at radius 3 is 2.38 bits per heavy atom. The van der Waals surface area contributed by atoms with Gasteiger partial charge in [0, 0.05) is 12.8 Å². The highest BCUT2D eigenvalue weighted by molar-refractivity contribution is 5.97. The second-order valence-corrected chi connectivity index (χ2v) is 5.82. The molecular weight excluding hydrogens is 330 g/mol. The van der Waals surface area contributed by atoms with Crippen molar-refractivity contribution < 1.29 is 19.1 Å². The number of rotatable bonds is 6. The van der Waals surface area contributed by atoms with Gasteiger partial charge < -0.3 is 14.8 Å². The first-order valence-electron chi connectivity index (χ1n) is 8.19. The smallest absolute Gasteiger partial charge is 0.338 e. The average Bonchev–Trinajstić information content (AvgIpc) is 2.67. The number of methoxy groups -OCH3 is 1. The summed E-state index contributed by atoms with van der Waals surface area (Å²) in [4.78, 5) is 24.0. The third-order valence-corrected chi connectivity index (χ3v) is 3.87. The predicted octanol–water partition coefficient (Wildman–Crippen LogP) is 3.78. The Balaban J connectivity index is 1.54. The molecule has 132 valence electrons. The van der Waals surface area contributed by atoms with Crippen molar-refractivity contribution in [2.45, 2.75) is 6.61 Å². The quantitative estimate of drug-likeness (QED) is 0.688. The van der Waals surface area contributed by atoms with Crippen LogP contribution < -0.4 is 5.32 Å². The maximum absolute atomic E-state index is 12.0. The highest BCUT2D eigenvalue weighted by atomic mass is 16.5. The number of ether oxygens (including phenoxy) is 2. The Bertz CT molecular complexity index is 919. The SMILES string of the molecule is COCc1ccc(C(=O)OCC(=O)Nc2ccc3ccccc3c2)cc1. The lowest BCUT2D eigenvalue weighted by Crippen LogP contribution is -2.20. The van der Waals surface area contributed by atoms with Crippen molar-refractivity contribution in [1.29, 1.82) is 0 Å². The van der Waals surface area contributed by atoms with Crippen molar-refractivity contribution in [2.75, 3.05) is 19.0 Å². The minimum absolute atomic E-state index is 0.342. The van der Waals surface area contributed by atoms with Crippen molar-refractivity contribution in [3.05, 3.63) is 77.9 Å². The van der Waals surface area contributed by atoms with E-state index in [0.717, 1.165) is 16.3 Å². The van der Waals surface area contributed by atoms with Gasteiger partial charge in [-0.3, -0.25) is 4.79 Å². The molecule has 0 bridgehead atoms. The Morgan fingerprint density at radius 2 is 1.65 bits per heavy atom. The number of amides is 1. The highest BCUT2D eigenvalue weighted by Gasteiger charge is 2.10.